The Bertz CT molecular complexity index is 1200. The molecule has 0 spiro atoms. The van der Waals surface area contributed by atoms with E-state index in [9.17, 15) is 14.4 Å². The molecule has 35 heavy (non-hydrogen) atoms. The number of benzene rings is 2. The van der Waals surface area contributed by atoms with Crippen LogP contribution in [0.3, 0.4) is 0 Å². The molecule has 0 fully saturated rings. The number of ketones is 2. The van der Waals surface area contributed by atoms with E-state index in [4.69, 9.17) is 14.2 Å². The minimum atomic E-state index is -0.470. The fraction of sp³-hybridized carbons (Fsp3) is 0.321. The Kier molecular flexibility index (Phi) is 7.48. The highest BCUT2D eigenvalue weighted by Crippen LogP contribution is 2.28. The summed E-state index contributed by atoms with van der Waals surface area (Å²) in [7, 11) is 4.18. The van der Waals surface area contributed by atoms with Gasteiger partial charge in [0, 0.05) is 23.8 Å². The summed E-state index contributed by atoms with van der Waals surface area (Å²) in [5.41, 5.74) is 2.12. The maximum atomic E-state index is 13.0. The summed E-state index contributed by atoms with van der Waals surface area (Å²) in [6.07, 6.45) is 0. The molecule has 184 valence electrons. The van der Waals surface area contributed by atoms with Gasteiger partial charge in [-0.25, -0.2) is 0 Å². The lowest BCUT2D eigenvalue weighted by molar-refractivity contribution is -0.121. The maximum absolute atomic E-state index is 13.0. The standard InChI is InChI=1S/C28H31NO6/c1-17-22(24(31)26(34-7)25(33-6)23(17)30)16-29(5)27(32)18-8-12-20(13-9-18)35-21-14-10-19(11-15-21)28(2,3)4/h8-15H,16H2,1-7H3. The van der Waals surface area contributed by atoms with Crippen molar-refractivity contribution in [2.45, 2.75) is 33.1 Å². The number of hydrogen-bond donors (Lipinski definition) is 0. The molecule has 1 amide bonds. The van der Waals surface area contributed by atoms with Crippen LogP contribution in [0.2, 0.25) is 0 Å². The van der Waals surface area contributed by atoms with Gasteiger partial charge in [0.15, 0.2) is 0 Å². The number of Topliss-reactive ketones (excluding diaryl/α,β-unsaturated/α-hetero) is 2. The average Bonchev–Trinajstić information content (AvgIpc) is 2.83. The van der Waals surface area contributed by atoms with Gasteiger partial charge in [-0.05, 0) is 54.3 Å². The number of ether oxygens (including phenoxy) is 3. The third-order valence-corrected chi connectivity index (χ3v) is 5.89. The first-order chi connectivity index (χ1) is 16.5. The van der Waals surface area contributed by atoms with Crippen molar-refractivity contribution >= 4 is 17.5 Å². The van der Waals surface area contributed by atoms with Gasteiger partial charge < -0.3 is 19.1 Å². The minimum Gasteiger partial charge on any atom is -0.489 e. The van der Waals surface area contributed by atoms with Crippen LogP contribution in [-0.4, -0.2) is 50.2 Å². The van der Waals surface area contributed by atoms with Crippen molar-refractivity contribution in [3.8, 4) is 11.5 Å². The van der Waals surface area contributed by atoms with Crippen molar-refractivity contribution < 1.29 is 28.6 Å². The second kappa shape index (κ2) is 10.2. The van der Waals surface area contributed by atoms with Gasteiger partial charge in [0.05, 0.1) is 20.8 Å². The van der Waals surface area contributed by atoms with Crippen LogP contribution in [-0.2, 0) is 24.5 Å². The molecule has 3 rings (SSSR count). The Morgan fingerprint density at radius 1 is 0.829 bits per heavy atom. The van der Waals surface area contributed by atoms with Gasteiger partial charge in [0.25, 0.3) is 5.91 Å². The predicted molar refractivity (Wildman–Crippen MR) is 132 cm³/mol. The van der Waals surface area contributed by atoms with Crippen LogP contribution in [0.5, 0.6) is 11.5 Å². The molecule has 1 aliphatic carbocycles. The number of carbonyl (C=O) groups excluding carboxylic acids is 3. The minimum absolute atomic E-state index is 0.0442. The molecular formula is C28H31NO6. The lowest BCUT2D eigenvalue weighted by atomic mass is 9.87. The fourth-order valence-electron chi connectivity index (χ4n) is 3.74. The molecule has 0 heterocycles. The number of hydrogen-bond acceptors (Lipinski definition) is 6. The maximum Gasteiger partial charge on any atom is 0.253 e. The summed E-state index contributed by atoms with van der Waals surface area (Å²) >= 11 is 0. The van der Waals surface area contributed by atoms with Crippen LogP contribution in [0.1, 0.15) is 43.6 Å². The largest absolute Gasteiger partial charge is 0.489 e. The van der Waals surface area contributed by atoms with E-state index in [1.54, 1.807) is 38.2 Å². The SMILES string of the molecule is COC1=C(OC)C(=O)C(CN(C)C(=O)c2ccc(Oc3ccc(C(C)(C)C)cc3)cc2)=C(C)C1=O. The van der Waals surface area contributed by atoms with Crippen molar-refractivity contribution in [2.75, 3.05) is 27.8 Å². The summed E-state index contributed by atoms with van der Waals surface area (Å²) in [5.74, 6) is -0.186. The van der Waals surface area contributed by atoms with Crippen LogP contribution in [0.4, 0.5) is 0 Å². The van der Waals surface area contributed by atoms with E-state index < -0.39 is 11.6 Å². The molecule has 7 nitrogen and oxygen atoms in total. The molecule has 0 unspecified atom stereocenters. The van der Waals surface area contributed by atoms with Crippen LogP contribution in [0.25, 0.3) is 0 Å². The summed E-state index contributed by atoms with van der Waals surface area (Å²) in [6.45, 7) is 7.95. The highest BCUT2D eigenvalue weighted by molar-refractivity contribution is 6.23. The number of likely N-dealkylation sites (N-methyl/N-ethyl adjacent to an activating group) is 1. The quantitative estimate of drug-likeness (QED) is 0.532. The lowest BCUT2D eigenvalue weighted by Gasteiger charge is -2.24. The topological polar surface area (TPSA) is 82.1 Å². The normalized spacial score (nSPS) is 14.3. The first-order valence-electron chi connectivity index (χ1n) is 11.2. The monoisotopic (exact) mass is 477 g/mol. The molecule has 0 aliphatic heterocycles. The molecule has 0 saturated carbocycles. The molecule has 0 aromatic heterocycles. The Balaban J connectivity index is 1.70. The molecule has 0 atom stereocenters. The number of amides is 1. The summed E-state index contributed by atoms with van der Waals surface area (Å²) < 4.78 is 16.1. The third kappa shape index (κ3) is 5.45. The number of nitrogens with zero attached hydrogens (tertiary/aromatic N) is 1. The smallest absolute Gasteiger partial charge is 0.253 e. The van der Waals surface area contributed by atoms with Gasteiger partial charge in [-0.1, -0.05) is 32.9 Å². The Morgan fingerprint density at radius 2 is 1.31 bits per heavy atom. The number of methoxy groups -OCH3 is 2. The van der Waals surface area contributed by atoms with E-state index in [0.717, 1.165) is 0 Å². The molecule has 1 aliphatic rings. The van der Waals surface area contributed by atoms with E-state index in [0.29, 0.717) is 17.1 Å². The zero-order valence-electron chi connectivity index (χ0n) is 21.2. The van der Waals surface area contributed by atoms with Crippen LogP contribution < -0.4 is 4.74 Å². The molecule has 0 N–H and O–H groups in total. The van der Waals surface area contributed by atoms with Crippen LogP contribution in [0.15, 0.2) is 71.2 Å². The summed E-state index contributed by atoms with van der Waals surface area (Å²) in [6, 6.07) is 14.7. The predicted octanol–water partition coefficient (Wildman–Crippen LogP) is 4.82. The zero-order chi connectivity index (χ0) is 25.9. The van der Waals surface area contributed by atoms with Gasteiger partial charge >= 0.3 is 0 Å². The van der Waals surface area contributed by atoms with Gasteiger partial charge in [0.1, 0.15) is 11.5 Å². The molecule has 7 heteroatoms. The van der Waals surface area contributed by atoms with Crippen molar-refractivity contribution in [1.82, 2.24) is 4.90 Å². The van der Waals surface area contributed by atoms with E-state index in [2.05, 4.69) is 20.8 Å². The van der Waals surface area contributed by atoms with Crippen molar-refractivity contribution in [3.63, 3.8) is 0 Å². The van der Waals surface area contributed by atoms with E-state index in [1.807, 2.05) is 24.3 Å². The molecule has 2 aromatic rings. The van der Waals surface area contributed by atoms with E-state index in [1.165, 1.54) is 24.7 Å². The molecular weight excluding hydrogens is 446 g/mol. The molecule has 0 radical (unpaired) electrons. The Hall–Kier alpha value is -3.87. The number of allylic oxidation sites excluding steroid dienone is 2. The van der Waals surface area contributed by atoms with Crippen molar-refractivity contribution in [2.24, 2.45) is 0 Å². The van der Waals surface area contributed by atoms with Gasteiger partial charge in [0.2, 0.25) is 23.1 Å². The molecule has 0 saturated heterocycles. The fourth-order valence-corrected chi connectivity index (χ4v) is 3.74. The first kappa shape index (κ1) is 25.7. The number of carbonyl (C=O) groups is 3. The summed E-state index contributed by atoms with van der Waals surface area (Å²) in [5, 5.41) is 0. The van der Waals surface area contributed by atoms with E-state index >= 15 is 0 Å². The zero-order valence-corrected chi connectivity index (χ0v) is 21.2. The Labute approximate surface area is 206 Å². The summed E-state index contributed by atoms with van der Waals surface area (Å²) in [4.78, 5) is 39.8. The van der Waals surface area contributed by atoms with Gasteiger partial charge in [-0.3, -0.25) is 14.4 Å². The highest BCUT2D eigenvalue weighted by Gasteiger charge is 2.35. The molecule has 0 bridgehead atoms. The van der Waals surface area contributed by atoms with Crippen molar-refractivity contribution in [3.05, 3.63) is 82.3 Å². The van der Waals surface area contributed by atoms with Crippen LogP contribution in [0, 0.1) is 0 Å². The first-order valence-corrected chi connectivity index (χ1v) is 11.2. The van der Waals surface area contributed by atoms with Crippen molar-refractivity contribution in [1.29, 1.82) is 0 Å². The Morgan fingerprint density at radius 3 is 1.80 bits per heavy atom. The number of rotatable bonds is 7. The average molecular weight is 478 g/mol. The van der Waals surface area contributed by atoms with Gasteiger partial charge in [-0.15, -0.1) is 0 Å². The third-order valence-electron chi connectivity index (χ3n) is 5.89. The second-order valence-electron chi connectivity index (χ2n) is 9.39. The van der Waals surface area contributed by atoms with Gasteiger partial charge in [-0.2, -0.15) is 0 Å². The highest BCUT2D eigenvalue weighted by atomic mass is 16.5. The lowest BCUT2D eigenvalue weighted by Crippen LogP contribution is -2.34. The van der Waals surface area contributed by atoms with Crippen LogP contribution >= 0.6 is 0 Å². The molecule has 2 aromatic carbocycles. The van der Waals surface area contributed by atoms with E-state index in [-0.39, 0.29) is 40.5 Å². The second-order valence-corrected chi connectivity index (χ2v) is 9.39.